The van der Waals surface area contributed by atoms with Crippen molar-refractivity contribution in [2.75, 3.05) is 11.9 Å². The second-order valence-electron chi connectivity index (χ2n) is 6.81. The largest absolute Gasteiger partial charge is 0.333 e. The summed E-state index contributed by atoms with van der Waals surface area (Å²) in [5, 5.41) is 2.52. The molecule has 0 unspecified atom stereocenters. The smallest absolute Gasteiger partial charge is 0.272 e. The summed E-state index contributed by atoms with van der Waals surface area (Å²) in [5.41, 5.74) is 2.60. The maximum Gasteiger partial charge on any atom is 0.272 e. The summed E-state index contributed by atoms with van der Waals surface area (Å²) in [6.45, 7) is 2.69. The van der Waals surface area contributed by atoms with E-state index >= 15 is 0 Å². The summed E-state index contributed by atoms with van der Waals surface area (Å²) >= 11 is 0. The Morgan fingerprint density at radius 1 is 1.03 bits per heavy atom. The molecule has 1 amide bonds. The Morgan fingerprint density at radius 2 is 1.79 bits per heavy atom. The molecule has 0 aliphatic carbocycles. The van der Waals surface area contributed by atoms with Crippen molar-refractivity contribution in [1.82, 2.24) is 14.9 Å². The number of carbonyl (C=O) groups excluding carboxylic acids is 1. The molecule has 0 radical (unpaired) electrons. The van der Waals surface area contributed by atoms with Crippen LogP contribution in [0.5, 0.6) is 0 Å². The van der Waals surface area contributed by atoms with Gasteiger partial charge in [-0.1, -0.05) is 24.3 Å². The number of benzene rings is 2. The van der Waals surface area contributed by atoms with Crippen LogP contribution in [0.15, 0.2) is 42.5 Å². The molecule has 0 saturated carbocycles. The zero-order valence-corrected chi connectivity index (χ0v) is 15.5. The number of nitrogens with zero attached hydrogens (tertiary/aromatic N) is 3. The number of aromatic nitrogens is 2. The molecule has 5 nitrogen and oxygen atoms in total. The standard InChI is InChI=1S/C21H17F3N4O/c1-12-10-17(20(29)28-9-8-13-4-2-3-5-14(13)11-28)27-21(25-12)26-16-7-6-15(22)18(23)19(16)24/h2-7,10H,8-9,11H2,1H3,(H,25,26,27). The topological polar surface area (TPSA) is 58.1 Å². The molecule has 0 spiro atoms. The summed E-state index contributed by atoms with van der Waals surface area (Å²) in [6, 6.07) is 11.3. The number of anilines is 2. The minimum Gasteiger partial charge on any atom is -0.333 e. The fourth-order valence-corrected chi connectivity index (χ4v) is 3.31. The van der Waals surface area contributed by atoms with Crippen LogP contribution in [0.1, 0.15) is 27.3 Å². The highest BCUT2D eigenvalue weighted by atomic mass is 19.2. The van der Waals surface area contributed by atoms with Gasteiger partial charge in [0.05, 0.1) is 5.69 Å². The second kappa shape index (κ2) is 7.54. The van der Waals surface area contributed by atoms with Crippen molar-refractivity contribution >= 4 is 17.5 Å². The Balaban J connectivity index is 1.59. The molecule has 1 aromatic heterocycles. The van der Waals surface area contributed by atoms with E-state index in [9.17, 15) is 18.0 Å². The summed E-state index contributed by atoms with van der Waals surface area (Å²) in [7, 11) is 0. The van der Waals surface area contributed by atoms with Gasteiger partial charge in [0.25, 0.3) is 5.91 Å². The number of hydrogen-bond acceptors (Lipinski definition) is 4. The Bertz CT molecular complexity index is 1100. The molecule has 0 bridgehead atoms. The van der Waals surface area contributed by atoms with Gasteiger partial charge in [-0.05, 0) is 42.7 Å². The van der Waals surface area contributed by atoms with Crippen molar-refractivity contribution in [1.29, 1.82) is 0 Å². The van der Waals surface area contributed by atoms with Gasteiger partial charge in [-0.15, -0.1) is 0 Å². The molecule has 148 valence electrons. The van der Waals surface area contributed by atoms with Crippen molar-refractivity contribution in [3.8, 4) is 0 Å². The first-order valence-corrected chi connectivity index (χ1v) is 9.04. The van der Waals surface area contributed by atoms with Gasteiger partial charge in [-0.25, -0.2) is 23.1 Å². The SMILES string of the molecule is Cc1cc(C(=O)N2CCc3ccccc3C2)nc(Nc2ccc(F)c(F)c2F)n1. The molecule has 1 aliphatic rings. The lowest BCUT2D eigenvalue weighted by Gasteiger charge is -2.28. The van der Waals surface area contributed by atoms with E-state index in [2.05, 4.69) is 15.3 Å². The van der Waals surface area contributed by atoms with Crippen molar-refractivity contribution in [3.63, 3.8) is 0 Å². The van der Waals surface area contributed by atoms with E-state index in [0.717, 1.165) is 24.1 Å². The van der Waals surface area contributed by atoms with Gasteiger partial charge >= 0.3 is 0 Å². The number of nitrogens with one attached hydrogen (secondary N) is 1. The third kappa shape index (κ3) is 3.78. The Morgan fingerprint density at radius 3 is 2.59 bits per heavy atom. The number of hydrogen-bond donors (Lipinski definition) is 1. The highest BCUT2D eigenvalue weighted by Crippen LogP contribution is 2.23. The molecule has 1 N–H and O–H groups in total. The predicted octanol–water partition coefficient (Wildman–Crippen LogP) is 4.14. The first kappa shape index (κ1) is 18.9. The van der Waals surface area contributed by atoms with E-state index in [1.54, 1.807) is 11.8 Å². The Labute approximate surface area is 165 Å². The maximum absolute atomic E-state index is 13.9. The number of rotatable bonds is 3. The van der Waals surface area contributed by atoms with Crippen LogP contribution in [0.2, 0.25) is 0 Å². The monoisotopic (exact) mass is 398 g/mol. The van der Waals surface area contributed by atoms with Crippen molar-refractivity contribution in [3.05, 3.63) is 82.4 Å². The van der Waals surface area contributed by atoms with Gasteiger partial charge in [-0.2, -0.15) is 0 Å². The zero-order valence-electron chi connectivity index (χ0n) is 15.5. The quantitative estimate of drug-likeness (QED) is 0.674. The predicted molar refractivity (Wildman–Crippen MR) is 101 cm³/mol. The summed E-state index contributed by atoms with van der Waals surface area (Å²) in [6.07, 6.45) is 0.747. The number of carbonyl (C=O) groups is 1. The lowest BCUT2D eigenvalue weighted by molar-refractivity contribution is 0.0728. The Kier molecular flexibility index (Phi) is 4.92. The average Bonchev–Trinajstić information content (AvgIpc) is 2.73. The van der Waals surface area contributed by atoms with Crippen molar-refractivity contribution < 1.29 is 18.0 Å². The number of aryl methyl sites for hydroxylation is 1. The first-order valence-electron chi connectivity index (χ1n) is 9.04. The molecule has 29 heavy (non-hydrogen) atoms. The Hall–Kier alpha value is -3.42. The highest BCUT2D eigenvalue weighted by Gasteiger charge is 2.23. The lowest BCUT2D eigenvalue weighted by atomic mass is 10.00. The summed E-state index contributed by atoms with van der Waals surface area (Å²) < 4.78 is 40.5. The van der Waals surface area contributed by atoms with Crippen LogP contribution in [0.3, 0.4) is 0 Å². The fraction of sp³-hybridized carbons (Fsp3) is 0.190. The van der Waals surface area contributed by atoms with Gasteiger partial charge in [0, 0.05) is 18.8 Å². The molecule has 1 aliphatic heterocycles. The molecule has 4 rings (SSSR count). The zero-order chi connectivity index (χ0) is 20.5. The molecule has 2 aromatic carbocycles. The third-order valence-corrected chi connectivity index (χ3v) is 4.77. The normalized spacial score (nSPS) is 13.2. The highest BCUT2D eigenvalue weighted by molar-refractivity contribution is 5.93. The van der Waals surface area contributed by atoms with E-state index in [4.69, 9.17) is 0 Å². The number of fused-ring (bicyclic) bond motifs is 1. The molecule has 8 heteroatoms. The van der Waals surface area contributed by atoms with E-state index in [1.807, 2.05) is 24.3 Å². The molecule has 2 heterocycles. The van der Waals surface area contributed by atoms with Crippen LogP contribution in [0, 0.1) is 24.4 Å². The average molecular weight is 398 g/mol. The van der Waals surface area contributed by atoms with E-state index in [-0.39, 0.29) is 23.2 Å². The lowest BCUT2D eigenvalue weighted by Crippen LogP contribution is -2.36. The molecule has 0 saturated heterocycles. The number of halogens is 3. The summed E-state index contributed by atoms with van der Waals surface area (Å²) in [4.78, 5) is 22.9. The number of amides is 1. The maximum atomic E-state index is 13.9. The van der Waals surface area contributed by atoms with Crippen LogP contribution in [0.25, 0.3) is 0 Å². The minimum absolute atomic E-state index is 0.0735. The fourth-order valence-electron chi connectivity index (χ4n) is 3.31. The van der Waals surface area contributed by atoms with E-state index in [0.29, 0.717) is 18.8 Å². The third-order valence-electron chi connectivity index (χ3n) is 4.77. The van der Waals surface area contributed by atoms with Gasteiger partial charge < -0.3 is 10.2 Å². The first-order chi connectivity index (χ1) is 13.9. The van der Waals surface area contributed by atoms with Gasteiger partial charge in [0.2, 0.25) is 5.95 Å². The van der Waals surface area contributed by atoms with Gasteiger partial charge in [-0.3, -0.25) is 4.79 Å². The molecule has 3 aromatic rings. The van der Waals surface area contributed by atoms with Crippen LogP contribution >= 0.6 is 0 Å². The molecule has 0 fully saturated rings. The van der Waals surface area contributed by atoms with Crippen molar-refractivity contribution in [2.45, 2.75) is 19.9 Å². The molecule has 0 atom stereocenters. The van der Waals surface area contributed by atoms with E-state index < -0.39 is 17.5 Å². The van der Waals surface area contributed by atoms with Crippen molar-refractivity contribution in [2.24, 2.45) is 0 Å². The van der Waals surface area contributed by atoms with Gasteiger partial charge in [0.15, 0.2) is 17.5 Å². The van der Waals surface area contributed by atoms with Crippen LogP contribution in [-0.2, 0) is 13.0 Å². The second-order valence-corrected chi connectivity index (χ2v) is 6.81. The molecular weight excluding hydrogens is 381 g/mol. The van der Waals surface area contributed by atoms with Crippen LogP contribution < -0.4 is 5.32 Å². The van der Waals surface area contributed by atoms with Gasteiger partial charge in [0.1, 0.15) is 5.69 Å². The van der Waals surface area contributed by atoms with Crippen LogP contribution in [0.4, 0.5) is 24.8 Å². The minimum atomic E-state index is -1.59. The molecular formula is C21H17F3N4O. The van der Waals surface area contributed by atoms with E-state index in [1.165, 1.54) is 11.6 Å². The van der Waals surface area contributed by atoms with Crippen LogP contribution in [-0.4, -0.2) is 27.3 Å². The summed E-state index contributed by atoms with van der Waals surface area (Å²) in [5.74, 6) is -4.62.